The first-order valence-corrected chi connectivity index (χ1v) is 5.25. The lowest BCUT2D eigenvalue weighted by atomic mass is 10.1. The van der Waals surface area contributed by atoms with Crippen LogP contribution in [0.15, 0.2) is 27.9 Å². The molecule has 0 radical (unpaired) electrons. The molecule has 1 aromatic rings. The number of hydrogen-bond donors (Lipinski definition) is 2. The molecule has 1 unspecified atom stereocenters. The predicted molar refractivity (Wildman–Crippen MR) is 60.8 cm³/mol. The van der Waals surface area contributed by atoms with Crippen molar-refractivity contribution in [1.82, 2.24) is 9.55 Å². The average molecular weight is 238 g/mol. The third-order valence-electron chi connectivity index (χ3n) is 2.74. The molecule has 0 saturated heterocycles. The fourth-order valence-corrected chi connectivity index (χ4v) is 1.65. The van der Waals surface area contributed by atoms with Crippen LogP contribution in [0.5, 0.6) is 0 Å². The van der Waals surface area contributed by atoms with Gasteiger partial charge in [0.05, 0.1) is 6.61 Å². The van der Waals surface area contributed by atoms with E-state index in [1.54, 1.807) is 26.0 Å². The van der Waals surface area contributed by atoms with E-state index in [1.165, 1.54) is 10.8 Å². The molecule has 17 heavy (non-hydrogen) atoms. The smallest absolute Gasteiger partial charge is 0.330 e. The number of H-pyrrole nitrogens is 1. The molecule has 6 nitrogen and oxygen atoms in total. The lowest BCUT2D eigenvalue weighted by molar-refractivity contribution is -0.0731. The zero-order chi connectivity index (χ0) is 12.6. The number of aromatic nitrogens is 2. The highest BCUT2D eigenvalue weighted by atomic mass is 16.5. The molecule has 1 aliphatic heterocycles. The number of rotatable bonds is 2. The van der Waals surface area contributed by atoms with Gasteiger partial charge >= 0.3 is 5.69 Å². The van der Waals surface area contributed by atoms with Gasteiger partial charge in [0, 0.05) is 11.8 Å². The second-order valence-corrected chi connectivity index (χ2v) is 4.32. The van der Waals surface area contributed by atoms with Gasteiger partial charge in [0.2, 0.25) is 0 Å². The van der Waals surface area contributed by atoms with Crippen LogP contribution in [0.3, 0.4) is 0 Å². The maximum absolute atomic E-state index is 11.6. The van der Waals surface area contributed by atoms with Gasteiger partial charge in [0.1, 0.15) is 5.60 Å². The molecule has 0 fully saturated rings. The number of aryl methyl sites for hydroxylation is 1. The Morgan fingerprint density at radius 3 is 2.88 bits per heavy atom. The molecule has 0 spiro atoms. The Kier molecular flexibility index (Phi) is 2.76. The van der Waals surface area contributed by atoms with Gasteiger partial charge in [-0.3, -0.25) is 14.3 Å². The van der Waals surface area contributed by atoms with Crippen LogP contribution < -0.4 is 11.2 Å². The van der Waals surface area contributed by atoms with E-state index < -0.39 is 23.1 Å². The SMILES string of the molecule is Cc1cn(C2C=C[C@](C)(CO)O2)c(=O)[nH]c1=O. The quantitative estimate of drug-likeness (QED) is 0.692. The van der Waals surface area contributed by atoms with Gasteiger partial charge in [-0.05, 0) is 19.9 Å². The lowest BCUT2D eigenvalue weighted by Gasteiger charge is -2.22. The second-order valence-electron chi connectivity index (χ2n) is 4.32. The minimum atomic E-state index is -0.784. The molecule has 2 atom stereocenters. The molecule has 6 heteroatoms. The summed E-state index contributed by atoms with van der Waals surface area (Å²) in [5.74, 6) is 0. The predicted octanol–water partition coefficient (Wildman–Crippen LogP) is -0.319. The molecular weight excluding hydrogens is 224 g/mol. The summed E-state index contributed by atoms with van der Waals surface area (Å²) in [5.41, 5.74) is -1.29. The summed E-state index contributed by atoms with van der Waals surface area (Å²) >= 11 is 0. The molecule has 2 rings (SSSR count). The summed E-state index contributed by atoms with van der Waals surface area (Å²) in [6.07, 6.45) is 4.22. The molecular formula is C11H14N2O4. The summed E-state index contributed by atoms with van der Waals surface area (Å²) in [6.45, 7) is 3.16. The second kappa shape index (κ2) is 3.97. The van der Waals surface area contributed by atoms with E-state index >= 15 is 0 Å². The van der Waals surface area contributed by atoms with Crippen LogP contribution >= 0.6 is 0 Å². The Hall–Kier alpha value is -1.66. The monoisotopic (exact) mass is 238 g/mol. The van der Waals surface area contributed by atoms with Crippen molar-refractivity contribution in [3.05, 3.63) is 44.8 Å². The highest BCUT2D eigenvalue weighted by molar-refractivity contribution is 5.10. The van der Waals surface area contributed by atoms with Gasteiger partial charge in [-0.15, -0.1) is 0 Å². The van der Waals surface area contributed by atoms with Gasteiger partial charge in [-0.2, -0.15) is 0 Å². The Morgan fingerprint density at radius 2 is 2.29 bits per heavy atom. The minimum absolute atomic E-state index is 0.170. The van der Waals surface area contributed by atoms with Crippen LogP contribution in [0.25, 0.3) is 0 Å². The largest absolute Gasteiger partial charge is 0.393 e. The summed E-state index contributed by atoms with van der Waals surface area (Å²) in [6, 6.07) is 0. The van der Waals surface area contributed by atoms with E-state index in [1.807, 2.05) is 0 Å². The first kappa shape index (κ1) is 11.8. The summed E-state index contributed by atoms with van der Waals surface area (Å²) in [5, 5.41) is 9.14. The number of aliphatic hydroxyl groups is 1. The molecule has 0 aromatic carbocycles. The zero-order valence-corrected chi connectivity index (χ0v) is 9.64. The maximum atomic E-state index is 11.6. The lowest BCUT2D eigenvalue weighted by Crippen LogP contribution is -2.35. The Morgan fingerprint density at radius 1 is 1.59 bits per heavy atom. The van der Waals surface area contributed by atoms with E-state index in [4.69, 9.17) is 9.84 Å². The number of nitrogens with zero attached hydrogens (tertiary/aromatic N) is 1. The molecule has 0 saturated carbocycles. The van der Waals surface area contributed by atoms with Crippen LogP contribution in [-0.4, -0.2) is 26.9 Å². The van der Waals surface area contributed by atoms with Gasteiger partial charge in [-0.1, -0.05) is 6.08 Å². The standard InChI is InChI=1S/C11H14N2O4/c1-7-5-13(10(16)12-9(7)15)8-3-4-11(2,6-14)17-8/h3-5,8,14H,6H2,1-2H3,(H,12,15,16)/t8?,11-/m1/s1. The van der Waals surface area contributed by atoms with E-state index in [9.17, 15) is 9.59 Å². The van der Waals surface area contributed by atoms with Gasteiger partial charge < -0.3 is 9.84 Å². The zero-order valence-electron chi connectivity index (χ0n) is 9.64. The van der Waals surface area contributed by atoms with Gasteiger partial charge in [0.25, 0.3) is 5.56 Å². The molecule has 92 valence electrons. The fraction of sp³-hybridized carbons (Fsp3) is 0.455. The number of ether oxygens (including phenoxy) is 1. The summed E-state index contributed by atoms with van der Waals surface area (Å²) < 4.78 is 6.83. The van der Waals surface area contributed by atoms with Crippen molar-refractivity contribution in [2.75, 3.05) is 6.61 Å². The first-order chi connectivity index (χ1) is 7.95. The number of nitrogens with one attached hydrogen (secondary N) is 1. The Bertz CT molecular complexity index is 572. The molecule has 0 bridgehead atoms. The molecule has 0 amide bonds. The number of aromatic amines is 1. The summed E-state index contributed by atoms with van der Waals surface area (Å²) in [4.78, 5) is 25.0. The number of hydrogen-bond acceptors (Lipinski definition) is 4. The highest BCUT2D eigenvalue weighted by Crippen LogP contribution is 2.27. The van der Waals surface area contributed by atoms with Gasteiger partial charge in [-0.25, -0.2) is 4.79 Å². The van der Waals surface area contributed by atoms with Crippen molar-refractivity contribution in [2.45, 2.75) is 25.7 Å². The van der Waals surface area contributed by atoms with E-state index in [-0.39, 0.29) is 6.61 Å². The van der Waals surface area contributed by atoms with E-state index in [2.05, 4.69) is 4.98 Å². The maximum Gasteiger partial charge on any atom is 0.330 e. The van der Waals surface area contributed by atoms with Crippen molar-refractivity contribution >= 4 is 0 Å². The third kappa shape index (κ3) is 2.09. The van der Waals surface area contributed by atoms with Crippen LogP contribution in [-0.2, 0) is 4.74 Å². The normalized spacial score (nSPS) is 27.6. The van der Waals surface area contributed by atoms with Crippen molar-refractivity contribution < 1.29 is 9.84 Å². The Balaban J connectivity index is 2.39. The fourth-order valence-electron chi connectivity index (χ4n) is 1.65. The van der Waals surface area contributed by atoms with Crippen molar-refractivity contribution in [3.8, 4) is 0 Å². The summed E-state index contributed by atoms with van der Waals surface area (Å²) in [7, 11) is 0. The molecule has 2 heterocycles. The van der Waals surface area contributed by atoms with Crippen molar-refractivity contribution in [1.29, 1.82) is 0 Å². The van der Waals surface area contributed by atoms with E-state index in [0.29, 0.717) is 5.56 Å². The average Bonchev–Trinajstić information content (AvgIpc) is 2.67. The van der Waals surface area contributed by atoms with E-state index in [0.717, 1.165) is 0 Å². The van der Waals surface area contributed by atoms with Crippen LogP contribution in [0.4, 0.5) is 0 Å². The minimum Gasteiger partial charge on any atom is -0.393 e. The van der Waals surface area contributed by atoms with Crippen LogP contribution in [0.1, 0.15) is 18.7 Å². The third-order valence-corrected chi connectivity index (χ3v) is 2.74. The molecule has 2 N–H and O–H groups in total. The van der Waals surface area contributed by atoms with Gasteiger partial charge in [0.15, 0.2) is 6.23 Å². The number of aliphatic hydroxyl groups excluding tert-OH is 1. The highest BCUT2D eigenvalue weighted by Gasteiger charge is 2.31. The van der Waals surface area contributed by atoms with Crippen LogP contribution in [0, 0.1) is 6.92 Å². The first-order valence-electron chi connectivity index (χ1n) is 5.25. The van der Waals surface area contributed by atoms with Crippen molar-refractivity contribution in [3.63, 3.8) is 0 Å². The Labute approximate surface area is 97.2 Å². The van der Waals surface area contributed by atoms with Crippen molar-refractivity contribution in [2.24, 2.45) is 0 Å². The van der Waals surface area contributed by atoms with Crippen LogP contribution in [0.2, 0.25) is 0 Å². The molecule has 0 aliphatic carbocycles. The molecule has 1 aromatic heterocycles. The molecule has 1 aliphatic rings. The topological polar surface area (TPSA) is 84.3 Å².